The molecule has 5 heteroatoms. The maximum atomic E-state index is 12.4. The molecule has 1 aromatic heterocycles. The standard InChI is InChI=1S/C14H17N3O2/c1-8-6-19-7-11-13(16-8)10-5-9(15)3-4-12(10)17(2)14(11)18/h3-5,8,16H,6-7,15H2,1-2H3. The fourth-order valence-corrected chi connectivity index (χ4v) is 2.55. The van der Waals surface area contributed by atoms with Gasteiger partial charge in [0.2, 0.25) is 0 Å². The molecule has 19 heavy (non-hydrogen) atoms. The summed E-state index contributed by atoms with van der Waals surface area (Å²) in [7, 11) is 1.77. The van der Waals surface area contributed by atoms with E-state index in [1.54, 1.807) is 11.6 Å². The summed E-state index contributed by atoms with van der Waals surface area (Å²) in [5.41, 5.74) is 8.94. The van der Waals surface area contributed by atoms with Crippen LogP contribution in [0.2, 0.25) is 0 Å². The molecule has 1 aromatic carbocycles. The Morgan fingerprint density at radius 3 is 3.05 bits per heavy atom. The number of nitrogens with one attached hydrogen (secondary N) is 1. The third-order valence-corrected chi connectivity index (χ3v) is 3.52. The van der Waals surface area contributed by atoms with E-state index in [0.29, 0.717) is 24.5 Å². The van der Waals surface area contributed by atoms with Crippen LogP contribution in [0.3, 0.4) is 0 Å². The Morgan fingerprint density at radius 2 is 2.26 bits per heavy atom. The second-order valence-electron chi connectivity index (χ2n) is 5.05. The summed E-state index contributed by atoms with van der Waals surface area (Å²) in [5.74, 6) is 0. The van der Waals surface area contributed by atoms with Gasteiger partial charge in [0.1, 0.15) is 0 Å². The van der Waals surface area contributed by atoms with Crippen molar-refractivity contribution in [2.24, 2.45) is 7.05 Å². The van der Waals surface area contributed by atoms with Gasteiger partial charge >= 0.3 is 0 Å². The summed E-state index contributed by atoms with van der Waals surface area (Å²) in [6.07, 6.45) is 0. The van der Waals surface area contributed by atoms with Crippen molar-refractivity contribution in [3.05, 3.63) is 34.1 Å². The van der Waals surface area contributed by atoms with Crippen molar-refractivity contribution in [2.75, 3.05) is 17.7 Å². The number of benzene rings is 1. The van der Waals surface area contributed by atoms with Crippen LogP contribution < -0.4 is 16.6 Å². The van der Waals surface area contributed by atoms with Gasteiger partial charge in [0.25, 0.3) is 5.56 Å². The predicted octanol–water partition coefficient (Wildman–Crippen LogP) is 1.45. The lowest BCUT2D eigenvalue weighted by Gasteiger charge is -2.16. The lowest BCUT2D eigenvalue weighted by atomic mass is 10.1. The van der Waals surface area contributed by atoms with E-state index in [1.807, 2.05) is 25.1 Å². The molecule has 3 rings (SSSR count). The molecule has 0 spiro atoms. The molecular formula is C14H17N3O2. The van der Waals surface area contributed by atoms with Crippen LogP contribution in [0.15, 0.2) is 23.0 Å². The zero-order chi connectivity index (χ0) is 13.6. The summed E-state index contributed by atoms with van der Waals surface area (Å²) in [4.78, 5) is 12.4. The Kier molecular flexibility index (Phi) is 2.71. The van der Waals surface area contributed by atoms with Crippen LogP contribution in [0.5, 0.6) is 0 Å². The van der Waals surface area contributed by atoms with Gasteiger partial charge in [0.05, 0.1) is 30.0 Å². The topological polar surface area (TPSA) is 69.3 Å². The number of ether oxygens (including phenoxy) is 1. The minimum atomic E-state index is -0.0196. The molecule has 0 fully saturated rings. The third kappa shape index (κ3) is 1.86. The van der Waals surface area contributed by atoms with Crippen LogP contribution in [-0.4, -0.2) is 17.2 Å². The van der Waals surface area contributed by atoms with Gasteiger partial charge in [0.15, 0.2) is 0 Å². The van der Waals surface area contributed by atoms with Crippen LogP contribution in [0, 0.1) is 0 Å². The predicted molar refractivity (Wildman–Crippen MR) is 76.3 cm³/mol. The van der Waals surface area contributed by atoms with E-state index in [2.05, 4.69) is 5.32 Å². The Labute approximate surface area is 111 Å². The molecule has 1 aliphatic rings. The van der Waals surface area contributed by atoms with Crippen molar-refractivity contribution in [1.29, 1.82) is 0 Å². The molecule has 100 valence electrons. The smallest absolute Gasteiger partial charge is 0.258 e. The van der Waals surface area contributed by atoms with Gasteiger partial charge in [-0.25, -0.2) is 0 Å². The molecule has 0 bridgehead atoms. The molecule has 5 nitrogen and oxygen atoms in total. The summed E-state index contributed by atoms with van der Waals surface area (Å²) in [6, 6.07) is 5.76. The highest BCUT2D eigenvalue weighted by Gasteiger charge is 2.20. The number of fused-ring (bicyclic) bond motifs is 3. The SMILES string of the molecule is CC1COCc2c(c3cc(N)ccc3n(C)c2=O)N1. The van der Waals surface area contributed by atoms with Crippen molar-refractivity contribution in [3.63, 3.8) is 0 Å². The van der Waals surface area contributed by atoms with Gasteiger partial charge in [-0.2, -0.15) is 0 Å². The van der Waals surface area contributed by atoms with E-state index in [4.69, 9.17) is 10.5 Å². The summed E-state index contributed by atoms with van der Waals surface area (Å²) >= 11 is 0. The van der Waals surface area contributed by atoms with Crippen LogP contribution in [0.4, 0.5) is 11.4 Å². The van der Waals surface area contributed by atoms with Gasteiger partial charge in [-0.3, -0.25) is 4.79 Å². The third-order valence-electron chi connectivity index (χ3n) is 3.52. The van der Waals surface area contributed by atoms with Gasteiger partial charge in [0, 0.05) is 24.2 Å². The quantitative estimate of drug-likeness (QED) is 0.703. The van der Waals surface area contributed by atoms with Gasteiger partial charge in [-0.1, -0.05) is 0 Å². The lowest BCUT2D eigenvalue weighted by molar-refractivity contribution is 0.119. The Bertz CT molecular complexity index is 706. The molecule has 3 N–H and O–H groups in total. The largest absolute Gasteiger partial charge is 0.399 e. The molecule has 1 aliphatic heterocycles. The zero-order valence-electron chi connectivity index (χ0n) is 11.1. The van der Waals surface area contributed by atoms with Gasteiger partial charge < -0.3 is 20.4 Å². The Morgan fingerprint density at radius 1 is 1.47 bits per heavy atom. The van der Waals surface area contributed by atoms with Crippen molar-refractivity contribution < 1.29 is 4.74 Å². The van der Waals surface area contributed by atoms with Crippen molar-refractivity contribution in [1.82, 2.24) is 4.57 Å². The minimum absolute atomic E-state index is 0.0196. The first-order valence-electron chi connectivity index (χ1n) is 6.33. The molecule has 0 saturated carbocycles. The number of hydrogen-bond acceptors (Lipinski definition) is 4. The number of aromatic nitrogens is 1. The van der Waals surface area contributed by atoms with E-state index >= 15 is 0 Å². The van der Waals surface area contributed by atoms with E-state index in [9.17, 15) is 4.79 Å². The lowest BCUT2D eigenvalue weighted by Crippen LogP contribution is -2.24. The maximum Gasteiger partial charge on any atom is 0.258 e. The second-order valence-corrected chi connectivity index (χ2v) is 5.05. The van der Waals surface area contributed by atoms with Gasteiger partial charge in [-0.05, 0) is 25.1 Å². The Hall–Kier alpha value is -2.01. The average Bonchev–Trinajstić information content (AvgIpc) is 2.58. The zero-order valence-corrected chi connectivity index (χ0v) is 11.1. The molecule has 0 aliphatic carbocycles. The van der Waals surface area contributed by atoms with Crippen LogP contribution >= 0.6 is 0 Å². The molecular weight excluding hydrogens is 242 g/mol. The van der Waals surface area contributed by atoms with Crippen molar-refractivity contribution >= 4 is 22.3 Å². The molecule has 0 amide bonds. The number of anilines is 2. The molecule has 2 heterocycles. The van der Waals surface area contributed by atoms with Crippen LogP contribution in [0.25, 0.3) is 10.9 Å². The molecule has 1 unspecified atom stereocenters. The fraction of sp³-hybridized carbons (Fsp3) is 0.357. The van der Waals surface area contributed by atoms with Crippen LogP contribution in [-0.2, 0) is 18.4 Å². The Balaban J connectivity index is 2.41. The van der Waals surface area contributed by atoms with Crippen molar-refractivity contribution in [3.8, 4) is 0 Å². The highest BCUT2D eigenvalue weighted by Crippen LogP contribution is 2.29. The monoisotopic (exact) mass is 259 g/mol. The van der Waals surface area contributed by atoms with E-state index in [1.165, 1.54) is 0 Å². The van der Waals surface area contributed by atoms with Crippen LogP contribution in [0.1, 0.15) is 12.5 Å². The minimum Gasteiger partial charge on any atom is -0.399 e. The number of nitrogens with zero attached hydrogens (tertiary/aromatic N) is 1. The van der Waals surface area contributed by atoms with E-state index in [0.717, 1.165) is 16.6 Å². The first kappa shape index (κ1) is 12.0. The average molecular weight is 259 g/mol. The molecule has 2 aromatic rings. The molecule has 1 atom stereocenters. The van der Waals surface area contributed by atoms with E-state index < -0.39 is 0 Å². The number of nitrogen functional groups attached to an aromatic ring is 1. The highest BCUT2D eigenvalue weighted by molar-refractivity contribution is 5.95. The number of rotatable bonds is 0. The van der Waals surface area contributed by atoms with E-state index in [-0.39, 0.29) is 11.6 Å². The first-order valence-corrected chi connectivity index (χ1v) is 6.33. The number of hydrogen-bond donors (Lipinski definition) is 2. The number of aryl methyl sites for hydroxylation is 1. The van der Waals surface area contributed by atoms with Gasteiger partial charge in [-0.15, -0.1) is 0 Å². The normalized spacial score (nSPS) is 18.7. The number of pyridine rings is 1. The maximum absolute atomic E-state index is 12.4. The summed E-state index contributed by atoms with van der Waals surface area (Å²) in [5, 5.41) is 4.33. The highest BCUT2D eigenvalue weighted by atomic mass is 16.5. The second kappa shape index (κ2) is 4.28. The summed E-state index contributed by atoms with van der Waals surface area (Å²) < 4.78 is 7.19. The first-order chi connectivity index (χ1) is 9.08. The summed E-state index contributed by atoms with van der Waals surface area (Å²) in [6.45, 7) is 2.95. The molecule has 0 radical (unpaired) electrons. The molecule has 0 saturated heterocycles. The van der Waals surface area contributed by atoms with Crippen molar-refractivity contribution in [2.45, 2.75) is 19.6 Å². The number of nitrogens with two attached hydrogens (primary N) is 1. The fourth-order valence-electron chi connectivity index (χ4n) is 2.55.